The highest BCUT2D eigenvalue weighted by atomic mass is 16.4. The molecule has 0 aromatic heterocycles. The van der Waals surface area contributed by atoms with Gasteiger partial charge in [0.25, 0.3) is 0 Å². The number of carboxylic acid groups (broad SMARTS) is 1. The first-order valence-electron chi connectivity index (χ1n) is 6.97. The first kappa shape index (κ1) is 16.0. The Bertz CT molecular complexity index is 429. The van der Waals surface area contributed by atoms with Crippen molar-refractivity contribution in [1.29, 1.82) is 0 Å². The van der Waals surface area contributed by atoms with Gasteiger partial charge in [0.1, 0.15) is 0 Å². The lowest BCUT2D eigenvalue weighted by atomic mass is 10.1. The van der Waals surface area contributed by atoms with E-state index < -0.39 is 5.97 Å². The number of hydrogen-bond acceptors (Lipinski definition) is 2. The summed E-state index contributed by atoms with van der Waals surface area (Å²) in [7, 11) is 0. The second kappa shape index (κ2) is 8.96. The minimum Gasteiger partial charge on any atom is -0.481 e. The van der Waals surface area contributed by atoms with Crippen LogP contribution in [0.15, 0.2) is 24.3 Å². The molecule has 2 amide bonds. The van der Waals surface area contributed by atoms with Crippen molar-refractivity contribution in [2.75, 3.05) is 11.9 Å². The lowest BCUT2D eigenvalue weighted by molar-refractivity contribution is -0.137. The van der Waals surface area contributed by atoms with Crippen LogP contribution in [0.5, 0.6) is 0 Å². The van der Waals surface area contributed by atoms with E-state index in [2.05, 4.69) is 17.6 Å². The molecule has 0 heterocycles. The number of nitrogens with one attached hydrogen (secondary N) is 2. The molecule has 0 saturated carbocycles. The largest absolute Gasteiger partial charge is 0.481 e. The van der Waals surface area contributed by atoms with Gasteiger partial charge in [-0.1, -0.05) is 25.5 Å². The number of rotatable bonds is 8. The number of unbranched alkanes of at least 4 members (excludes halogenated alkanes) is 2. The van der Waals surface area contributed by atoms with Gasteiger partial charge in [-0.05, 0) is 37.0 Å². The number of benzene rings is 1. The maximum absolute atomic E-state index is 11.6. The van der Waals surface area contributed by atoms with Crippen LogP contribution in [0.4, 0.5) is 10.5 Å². The molecular formula is C15H22N2O3. The third kappa shape index (κ3) is 6.78. The molecule has 110 valence electrons. The Morgan fingerprint density at radius 2 is 1.80 bits per heavy atom. The summed E-state index contributed by atoms with van der Waals surface area (Å²) in [5.74, 6) is -0.772. The number of anilines is 1. The maximum Gasteiger partial charge on any atom is 0.319 e. The summed E-state index contributed by atoms with van der Waals surface area (Å²) in [5.41, 5.74) is 2.00. The maximum atomic E-state index is 11.6. The van der Waals surface area contributed by atoms with Crippen LogP contribution in [-0.2, 0) is 11.2 Å². The summed E-state index contributed by atoms with van der Waals surface area (Å²) < 4.78 is 0. The first-order valence-corrected chi connectivity index (χ1v) is 6.97. The van der Waals surface area contributed by atoms with Crippen LogP contribution in [0.1, 0.15) is 38.2 Å². The summed E-state index contributed by atoms with van der Waals surface area (Å²) in [6.45, 7) is 2.64. The summed E-state index contributed by atoms with van der Waals surface area (Å²) in [5, 5.41) is 14.0. The van der Waals surface area contributed by atoms with E-state index in [9.17, 15) is 9.59 Å². The Balaban J connectivity index is 2.15. The third-order valence-corrected chi connectivity index (χ3v) is 2.97. The highest BCUT2D eigenvalue weighted by Gasteiger charge is 2.01. The zero-order valence-electron chi connectivity index (χ0n) is 11.8. The van der Waals surface area contributed by atoms with E-state index >= 15 is 0 Å². The summed E-state index contributed by atoms with van der Waals surface area (Å²) in [4.78, 5) is 21.9. The monoisotopic (exact) mass is 278 g/mol. The van der Waals surface area contributed by atoms with Crippen molar-refractivity contribution >= 4 is 17.7 Å². The molecule has 0 spiro atoms. The smallest absolute Gasteiger partial charge is 0.319 e. The Hall–Kier alpha value is -2.04. The van der Waals surface area contributed by atoms with Gasteiger partial charge in [0.2, 0.25) is 0 Å². The van der Waals surface area contributed by atoms with E-state index in [1.807, 2.05) is 24.3 Å². The number of hydrogen-bond donors (Lipinski definition) is 3. The second-order valence-electron chi connectivity index (χ2n) is 4.64. The third-order valence-electron chi connectivity index (χ3n) is 2.97. The fraction of sp³-hybridized carbons (Fsp3) is 0.467. The number of carbonyl (C=O) groups is 2. The van der Waals surface area contributed by atoms with Crippen molar-refractivity contribution in [3.8, 4) is 0 Å². The van der Waals surface area contributed by atoms with Gasteiger partial charge in [0.15, 0.2) is 0 Å². The Kier molecular flexibility index (Phi) is 7.17. The highest BCUT2D eigenvalue weighted by molar-refractivity contribution is 5.89. The predicted octanol–water partition coefficient (Wildman–Crippen LogP) is 3.02. The van der Waals surface area contributed by atoms with Crippen molar-refractivity contribution in [2.24, 2.45) is 0 Å². The molecular weight excluding hydrogens is 256 g/mol. The topological polar surface area (TPSA) is 78.4 Å². The quantitative estimate of drug-likeness (QED) is 0.640. The molecule has 1 aromatic rings. The van der Waals surface area contributed by atoms with Crippen LogP contribution in [0.3, 0.4) is 0 Å². The standard InChI is InChI=1S/C15H22N2O3/c1-2-12-7-9-13(10-8-12)17-15(20)16-11-5-3-4-6-14(18)19/h7-10H,2-6,11H2,1H3,(H,18,19)(H2,16,17,20). The molecule has 1 aromatic carbocycles. The van der Waals surface area contributed by atoms with Crippen LogP contribution < -0.4 is 10.6 Å². The summed E-state index contributed by atoms with van der Waals surface area (Å²) in [6.07, 6.45) is 3.41. The van der Waals surface area contributed by atoms with E-state index in [1.54, 1.807) is 0 Å². The molecule has 20 heavy (non-hydrogen) atoms. The normalized spacial score (nSPS) is 10.1. The van der Waals surface area contributed by atoms with Gasteiger partial charge in [-0.2, -0.15) is 0 Å². The number of amides is 2. The number of carboxylic acids is 1. The number of aliphatic carboxylic acids is 1. The van der Waals surface area contributed by atoms with Crippen molar-refractivity contribution in [1.82, 2.24) is 5.32 Å². The highest BCUT2D eigenvalue weighted by Crippen LogP contribution is 2.09. The molecule has 3 N–H and O–H groups in total. The van der Waals surface area contributed by atoms with E-state index in [-0.39, 0.29) is 12.5 Å². The Labute approximate surface area is 119 Å². The van der Waals surface area contributed by atoms with Gasteiger partial charge in [-0.3, -0.25) is 4.79 Å². The van der Waals surface area contributed by atoms with Gasteiger partial charge >= 0.3 is 12.0 Å². The fourth-order valence-electron chi connectivity index (χ4n) is 1.78. The molecule has 0 unspecified atom stereocenters. The van der Waals surface area contributed by atoms with Crippen LogP contribution in [0.2, 0.25) is 0 Å². The van der Waals surface area contributed by atoms with Gasteiger partial charge in [0, 0.05) is 18.7 Å². The van der Waals surface area contributed by atoms with Gasteiger partial charge in [0.05, 0.1) is 0 Å². The second-order valence-corrected chi connectivity index (χ2v) is 4.64. The zero-order valence-corrected chi connectivity index (χ0v) is 11.8. The number of carbonyl (C=O) groups excluding carboxylic acids is 1. The van der Waals surface area contributed by atoms with Crippen LogP contribution >= 0.6 is 0 Å². The van der Waals surface area contributed by atoms with E-state index in [1.165, 1.54) is 5.56 Å². The Morgan fingerprint density at radius 3 is 2.40 bits per heavy atom. The lowest BCUT2D eigenvalue weighted by Crippen LogP contribution is -2.29. The minimum atomic E-state index is -0.772. The van der Waals surface area contributed by atoms with E-state index in [4.69, 9.17) is 5.11 Å². The SMILES string of the molecule is CCc1ccc(NC(=O)NCCCCCC(=O)O)cc1. The lowest BCUT2D eigenvalue weighted by Gasteiger charge is -2.08. The zero-order chi connectivity index (χ0) is 14.8. The molecule has 0 saturated heterocycles. The van der Waals surface area contributed by atoms with Gasteiger partial charge in [-0.15, -0.1) is 0 Å². The Morgan fingerprint density at radius 1 is 1.10 bits per heavy atom. The van der Waals surface area contributed by atoms with Crippen LogP contribution in [0, 0.1) is 0 Å². The van der Waals surface area contributed by atoms with Crippen molar-refractivity contribution in [3.63, 3.8) is 0 Å². The van der Waals surface area contributed by atoms with Crippen LogP contribution in [0.25, 0.3) is 0 Å². The van der Waals surface area contributed by atoms with E-state index in [0.717, 1.165) is 24.9 Å². The van der Waals surface area contributed by atoms with Gasteiger partial charge < -0.3 is 15.7 Å². The van der Waals surface area contributed by atoms with Crippen molar-refractivity contribution in [2.45, 2.75) is 39.0 Å². The number of urea groups is 1. The molecule has 0 bridgehead atoms. The molecule has 0 aliphatic carbocycles. The molecule has 5 heteroatoms. The first-order chi connectivity index (χ1) is 9.61. The van der Waals surface area contributed by atoms with Crippen molar-refractivity contribution in [3.05, 3.63) is 29.8 Å². The van der Waals surface area contributed by atoms with Crippen LogP contribution in [-0.4, -0.2) is 23.7 Å². The van der Waals surface area contributed by atoms with E-state index in [0.29, 0.717) is 13.0 Å². The molecule has 5 nitrogen and oxygen atoms in total. The molecule has 0 fully saturated rings. The fourth-order valence-corrected chi connectivity index (χ4v) is 1.78. The molecule has 1 rings (SSSR count). The van der Waals surface area contributed by atoms with Gasteiger partial charge in [-0.25, -0.2) is 4.79 Å². The minimum absolute atomic E-state index is 0.190. The average molecular weight is 278 g/mol. The molecule has 0 radical (unpaired) electrons. The summed E-state index contributed by atoms with van der Waals surface area (Å²) >= 11 is 0. The van der Waals surface area contributed by atoms with Crippen molar-refractivity contribution < 1.29 is 14.7 Å². The molecule has 0 aliphatic heterocycles. The predicted molar refractivity (Wildman–Crippen MR) is 78.9 cm³/mol. The number of aryl methyl sites for hydroxylation is 1. The molecule has 0 atom stereocenters. The molecule has 0 aliphatic rings. The average Bonchev–Trinajstić information content (AvgIpc) is 2.43. The summed E-state index contributed by atoms with van der Waals surface area (Å²) in [6, 6.07) is 7.51.